The lowest BCUT2D eigenvalue weighted by atomic mass is 9.91. The minimum absolute atomic E-state index is 0. The molecular weight excluding hydrogens is 460 g/mol. The molecule has 0 aliphatic heterocycles. The molecule has 0 radical (unpaired) electrons. The third-order valence-corrected chi connectivity index (χ3v) is 8.42. The first-order valence-electron chi connectivity index (χ1n) is 12.0. The number of hydrogen-bond donors (Lipinski definition) is 1. The first kappa shape index (κ1) is 24.8. The Hall–Kier alpha value is -3.32. The van der Waals surface area contributed by atoms with Crippen molar-refractivity contribution in [3.05, 3.63) is 90.3 Å². The molecular formula is C28H32N2O4S. The minimum atomic E-state index is -3.36. The summed E-state index contributed by atoms with van der Waals surface area (Å²) in [5, 5.41) is 2.87. The standard InChI is InChI=1S/C28H30N2O4S.H2/c31-27(23-11-6-16-29-19-23)18-24(17-21-7-2-1-3-8-21)28(32)30-25-12-14-26(15-13-25)35(33,34)20-22-9-4-5-10-22;/h1-3,6-8,11-16,19,22,24H,4-5,9-10,17-18,20H2,(H,30,32);1H/t24-;/m1./s1. The zero-order chi connectivity index (χ0) is 24.7. The van der Waals surface area contributed by atoms with Crippen LogP contribution in [0.1, 0.15) is 49.5 Å². The van der Waals surface area contributed by atoms with E-state index < -0.39 is 15.8 Å². The summed E-state index contributed by atoms with van der Waals surface area (Å²) >= 11 is 0. The number of Topliss-reactive ketones (excluding diaryl/α,β-unsaturated/α-hetero) is 1. The van der Waals surface area contributed by atoms with Gasteiger partial charge in [0, 0.05) is 37.4 Å². The average Bonchev–Trinajstić information content (AvgIpc) is 3.37. The maximum Gasteiger partial charge on any atom is 0.228 e. The summed E-state index contributed by atoms with van der Waals surface area (Å²) in [6.07, 6.45) is 7.68. The number of benzene rings is 2. The molecule has 184 valence electrons. The fraction of sp³-hybridized carbons (Fsp3) is 0.321. The molecule has 0 spiro atoms. The van der Waals surface area contributed by atoms with E-state index in [1.165, 1.54) is 6.20 Å². The van der Waals surface area contributed by atoms with Gasteiger partial charge in [-0.2, -0.15) is 0 Å². The number of ketones is 1. The molecule has 1 aromatic heterocycles. The summed E-state index contributed by atoms with van der Waals surface area (Å²) in [5.41, 5.74) is 1.93. The second kappa shape index (κ2) is 11.4. The molecule has 1 heterocycles. The van der Waals surface area contributed by atoms with E-state index >= 15 is 0 Å². The highest BCUT2D eigenvalue weighted by Gasteiger charge is 2.25. The van der Waals surface area contributed by atoms with Gasteiger partial charge < -0.3 is 5.32 Å². The first-order valence-corrected chi connectivity index (χ1v) is 13.7. The van der Waals surface area contributed by atoms with Crippen molar-refractivity contribution in [2.75, 3.05) is 11.1 Å². The van der Waals surface area contributed by atoms with Crippen LogP contribution in [-0.2, 0) is 21.1 Å². The third kappa shape index (κ3) is 6.85. The lowest BCUT2D eigenvalue weighted by molar-refractivity contribution is -0.119. The predicted octanol–water partition coefficient (Wildman–Crippen LogP) is 5.36. The highest BCUT2D eigenvalue weighted by molar-refractivity contribution is 7.91. The maximum absolute atomic E-state index is 13.2. The number of aromatic nitrogens is 1. The topological polar surface area (TPSA) is 93.2 Å². The number of nitrogens with one attached hydrogen (secondary N) is 1. The molecule has 0 saturated heterocycles. The van der Waals surface area contributed by atoms with E-state index in [2.05, 4.69) is 10.3 Å². The van der Waals surface area contributed by atoms with Gasteiger partial charge in [-0.05, 0) is 67.1 Å². The predicted molar refractivity (Wildman–Crippen MR) is 138 cm³/mol. The van der Waals surface area contributed by atoms with Gasteiger partial charge in [-0.25, -0.2) is 8.42 Å². The Morgan fingerprint density at radius 1 is 0.971 bits per heavy atom. The first-order chi connectivity index (χ1) is 16.9. The van der Waals surface area contributed by atoms with Gasteiger partial charge in [0.2, 0.25) is 5.91 Å². The molecule has 6 nitrogen and oxygen atoms in total. The number of carbonyl (C=O) groups is 2. The summed E-state index contributed by atoms with van der Waals surface area (Å²) < 4.78 is 25.5. The van der Waals surface area contributed by atoms with Gasteiger partial charge >= 0.3 is 0 Å². The molecule has 1 N–H and O–H groups in total. The number of pyridine rings is 1. The quantitative estimate of drug-likeness (QED) is 0.385. The van der Waals surface area contributed by atoms with Crippen LogP contribution in [0.5, 0.6) is 0 Å². The minimum Gasteiger partial charge on any atom is -0.326 e. The molecule has 0 unspecified atom stereocenters. The molecule has 7 heteroatoms. The van der Waals surface area contributed by atoms with Gasteiger partial charge in [0.15, 0.2) is 15.6 Å². The summed E-state index contributed by atoms with van der Waals surface area (Å²) in [7, 11) is -3.36. The van der Waals surface area contributed by atoms with E-state index in [-0.39, 0.29) is 36.1 Å². The largest absolute Gasteiger partial charge is 0.326 e. The van der Waals surface area contributed by atoms with Gasteiger partial charge in [0.25, 0.3) is 0 Å². The summed E-state index contributed by atoms with van der Waals surface area (Å²) in [6, 6.07) is 19.3. The van der Waals surface area contributed by atoms with Crippen molar-refractivity contribution in [2.45, 2.75) is 43.4 Å². The Balaban J connectivity index is 0.00000361. The lowest BCUT2D eigenvalue weighted by Gasteiger charge is -2.17. The molecule has 0 bridgehead atoms. The van der Waals surface area contributed by atoms with Crippen LogP contribution >= 0.6 is 0 Å². The normalized spacial score (nSPS) is 15.0. The van der Waals surface area contributed by atoms with Crippen LogP contribution < -0.4 is 5.32 Å². The number of hydrogen-bond acceptors (Lipinski definition) is 5. The van der Waals surface area contributed by atoms with Crippen molar-refractivity contribution in [1.29, 1.82) is 0 Å². The average molecular weight is 493 g/mol. The Labute approximate surface area is 208 Å². The number of nitrogens with zero attached hydrogens (tertiary/aromatic N) is 1. The van der Waals surface area contributed by atoms with Crippen molar-refractivity contribution in [3.8, 4) is 0 Å². The van der Waals surface area contributed by atoms with E-state index in [9.17, 15) is 18.0 Å². The number of anilines is 1. The van der Waals surface area contributed by atoms with Crippen LogP contribution in [0.4, 0.5) is 5.69 Å². The summed E-state index contributed by atoms with van der Waals surface area (Å²) in [6.45, 7) is 0. The molecule has 1 atom stereocenters. The van der Waals surface area contributed by atoms with E-state index in [4.69, 9.17) is 0 Å². The SMILES string of the molecule is O=C(C[C@@H](Cc1ccccc1)C(=O)Nc1ccc(S(=O)(=O)CC2CCCC2)cc1)c1cccnc1.[HH]. The molecule has 4 rings (SSSR count). The van der Waals surface area contributed by atoms with Crippen LogP contribution in [0.25, 0.3) is 0 Å². The maximum atomic E-state index is 13.2. The Morgan fingerprint density at radius 3 is 2.34 bits per heavy atom. The van der Waals surface area contributed by atoms with E-state index in [0.29, 0.717) is 17.7 Å². The third-order valence-electron chi connectivity index (χ3n) is 6.52. The molecule has 2 aromatic carbocycles. The van der Waals surface area contributed by atoms with Gasteiger partial charge in [-0.1, -0.05) is 43.2 Å². The number of carbonyl (C=O) groups excluding carboxylic acids is 2. The van der Waals surface area contributed by atoms with Gasteiger partial charge in [0.05, 0.1) is 10.6 Å². The Bertz CT molecular complexity index is 1240. The highest BCUT2D eigenvalue weighted by Crippen LogP contribution is 2.28. The van der Waals surface area contributed by atoms with Crippen molar-refractivity contribution in [2.24, 2.45) is 11.8 Å². The highest BCUT2D eigenvalue weighted by atomic mass is 32.2. The summed E-state index contributed by atoms with van der Waals surface area (Å²) in [4.78, 5) is 30.3. The van der Waals surface area contributed by atoms with Crippen LogP contribution in [-0.4, -0.2) is 30.8 Å². The lowest BCUT2D eigenvalue weighted by Crippen LogP contribution is -2.27. The molecule has 35 heavy (non-hydrogen) atoms. The van der Waals surface area contributed by atoms with Gasteiger partial charge in [-0.3, -0.25) is 14.6 Å². The second-order valence-corrected chi connectivity index (χ2v) is 11.2. The number of rotatable bonds is 10. The smallest absolute Gasteiger partial charge is 0.228 e. The van der Waals surface area contributed by atoms with Crippen LogP contribution in [0.3, 0.4) is 0 Å². The molecule has 1 aliphatic carbocycles. The van der Waals surface area contributed by atoms with Crippen molar-refractivity contribution < 1.29 is 19.4 Å². The molecule has 1 saturated carbocycles. The van der Waals surface area contributed by atoms with E-state index in [1.54, 1.807) is 42.6 Å². The number of amides is 1. The Kier molecular flexibility index (Phi) is 8.08. The van der Waals surface area contributed by atoms with Gasteiger partial charge in [0.1, 0.15) is 0 Å². The zero-order valence-corrected chi connectivity index (χ0v) is 20.4. The molecule has 3 aromatic rings. The molecule has 1 fully saturated rings. The van der Waals surface area contributed by atoms with Crippen LogP contribution in [0.2, 0.25) is 0 Å². The van der Waals surface area contributed by atoms with E-state index in [1.807, 2.05) is 30.3 Å². The van der Waals surface area contributed by atoms with Crippen LogP contribution in [0, 0.1) is 11.8 Å². The summed E-state index contributed by atoms with van der Waals surface area (Å²) in [5.74, 6) is -0.615. The van der Waals surface area contributed by atoms with Crippen molar-refractivity contribution >= 4 is 27.2 Å². The monoisotopic (exact) mass is 492 g/mol. The van der Waals surface area contributed by atoms with Gasteiger partial charge in [-0.15, -0.1) is 0 Å². The molecule has 1 aliphatic rings. The number of sulfone groups is 1. The van der Waals surface area contributed by atoms with Crippen molar-refractivity contribution in [3.63, 3.8) is 0 Å². The molecule has 1 amide bonds. The van der Waals surface area contributed by atoms with E-state index in [0.717, 1.165) is 31.2 Å². The fourth-order valence-corrected chi connectivity index (χ4v) is 6.30. The fourth-order valence-electron chi connectivity index (χ4n) is 4.60. The Morgan fingerprint density at radius 2 is 1.69 bits per heavy atom. The zero-order valence-electron chi connectivity index (χ0n) is 19.6. The van der Waals surface area contributed by atoms with Crippen LogP contribution in [0.15, 0.2) is 84.0 Å². The van der Waals surface area contributed by atoms with Crippen molar-refractivity contribution in [1.82, 2.24) is 4.98 Å². The second-order valence-electron chi connectivity index (χ2n) is 9.20.